The Morgan fingerprint density at radius 2 is 1.85 bits per heavy atom. The van der Waals surface area contributed by atoms with Crippen LogP contribution in [0.15, 0.2) is 48.7 Å². The van der Waals surface area contributed by atoms with E-state index in [-0.39, 0.29) is 16.6 Å². The fourth-order valence-electron chi connectivity index (χ4n) is 6.34. The highest BCUT2D eigenvalue weighted by Crippen LogP contribution is 2.54. The van der Waals surface area contributed by atoms with E-state index in [1.165, 1.54) is 46.0 Å². The molecule has 0 radical (unpaired) electrons. The van der Waals surface area contributed by atoms with E-state index in [0.717, 1.165) is 43.4 Å². The molecule has 1 atom stereocenters. The van der Waals surface area contributed by atoms with Gasteiger partial charge in [0.2, 0.25) is 5.69 Å². The Labute approximate surface area is 198 Å². The molecule has 2 heteroatoms. The van der Waals surface area contributed by atoms with Gasteiger partial charge in [0.1, 0.15) is 5.82 Å². The normalized spacial score (nSPS) is 20.1. The SMILES string of the molecule is CCCC=CC1(CC)C[n+]2ccc3cc(CCCC)cc4c3c2-c2c1ccc(F)c2C4(C)C. The van der Waals surface area contributed by atoms with Gasteiger partial charge >= 0.3 is 0 Å². The number of unbranched alkanes of at least 4 members (excludes halogenated alkanes) is 2. The minimum Gasteiger partial charge on any atom is -0.207 e. The van der Waals surface area contributed by atoms with Crippen molar-refractivity contribution in [1.29, 1.82) is 0 Å². The first kappa shape index (κ1) is 22.3. The lowest BCUT2D eigenvalue weighted by atomic mass is 9.63. The number of hydrogen-bond acceptors (Lipinski definition) is 0. The fraction of sp³-hybridized carbons (Fsp3) is 0.452. The van der Waals surface area contributed by atoms with Gasteiger partial charge in [-0.15, -0.1) is 0 Å². The van der Waals surface area contributed by atoms with Crippen LogP contribution in [-0.4, -0.2) is 0 Å². The van der Waals surface area contributed by atoms with E-state index in [0.29, 0.717) is 0 Å². The molecule has 0 amide bonds. The van der Waals surface area contributed by atoms with Crippen molar-refractivity contribution in [2.24, 2.45) is 0 Å². The maximum Gasteiger partial charge on any atom is 0.221 e. The van der Waals surface area contributed by atoms with Crippen molar-refractivity contribution in [3.8, 4) is 11.3 Å². The number of nitrogens with zero attached hydrogens (tertiary/aromatic N) is 1. The molecule has 2 heterocycles. The summed E-state index contributed by atoms with van der Waals surface area (Å²) in [6, 6.07) is 10.8. The zero-order chi connectivity index (χ0) is 23.4. The third kappa shape index (κ3) is 3.21. The Morgan fingerprint density at radius 1 is 1.03 bits per heavy atom. The Hall–Kier alpha value is -2.48. The molecule has 33 heavy (non-hydrogen) atoms. The Morgan fingerprint density at radius 3 is 2.58 bits per heavy atom. The second kappa shape index (κ2) is 8.08. The summed E-state index contributed by atoms with van der Waals surface area (Å²) < 4.78 is 18.1. The summed E-state index contributed by atoms with van der Waals surface area (Å²) in [7, 11) is 0. The molecule has 2 aliphatic rings. The van der Waals surface area contributed by atoms with Crippen LogP contribution in [0.4, 0.5) is 4.39 Å². The molecule has 1 unspecified atom stereocenters. The van der Waals surface area contributed by atoms with Crippen LogP contribution in [0.1, 0.15) is 89.0 Å². The summed E-state index contributed by atoms with van der Waals surface area (Å²) in [5.74, 6) is -0.0728. The van der Waals surface area contributed by atoms with E-state index in [2.05, 4.69) is 81.8 Å². The Kier molecular flexibility index (Phi) is 5.46. The van der Waals surface area contributed by atoms with Gasteiger partial charge in [0, 0.05) is 17.0 Å². The molecule has 0 fully saturated rings. The van der Waals surface area contributed by atoms with Crippen LogP contribution in [0.5, 0.6) is 0 Å². The Bertz CT molecular complexity index is 1270. The smallest absolute Gasteiger partial charge is 0.207 e. The van der Waals surface area contributed by atoms with E-state index in [1.54, 1.807) is 6.07 Å². The molecule has 1 aliphatic carbocycles. The minimum absolute atomic E-state index is 0.0728. The van der Waals surface area contributed by atoms with Crippen molar-refractivity contribution in [1.82, 2.24) is 0 Å². The zero-order valence-electron chi connectivity index (χ0n) is 20.9. The summed E-state index contributed by atoms with van der Waals surface area (Å²) >= 11 is 0. The lowest BCUT2D eigenvalue weighted by molar-refractivity contribution is -0.694. The molecular weight excluding hydrogens is 405 g/mol. The summed E-state index contributed by atoms with van der Waals surface area (Å²) in [4.78, 5) is 0. The van der Waals surface area contributed by atoms with Crippen LogP contribution in [0, 0.1) is 5.82 Å². The van der Waals surface area contributed by atoms with E-state index < -0.39 is 0 Å². The van der Waals surface area contributed by atoms with Gasteiger partial charge in [0.25, 0.3) is 0 Å². The highest BCUT2D eigenvalue weighted by atomic mass is 19.1. The summed E-state index contributed by atoms with van der Waals surface area (Å²) in [5.41, 5.74) is 6.72. The van der Waals surface area contributed by atoms with Crippen molar-refractivity contribution < 1.29 is 8.96 Å². The molecule has 0 saturated carbocycles. The van der Waals surface area contributed by atoms with Crippen LogP contribution in [0.3, 0.4) is 0 Å². The number of aromatic nitrogens is 1. The maximum atomic E-state index is 15.7. The molecule has 0 saturated heterocycles. The van der Waals surface area contributed by atoms with Gasteiger partial charge < -0.3 is 0 Å². The highest BCUT2D eigenvalue weighted by molar-refractivity contribution is 6.01. The number of rotatable bonds is 7. The Balaban J connectivity index is 1.87. The van der Waals surface area contributed by atoms with Crippen LogP contribution in [0.25, 0.3) is 22.0 Å². The molecule has 1 aromatic heterocycles. The second-order valence-corrected chi connectivity index (χ2v) is 10.7. The van der Waals surface area contributed by atoms with E-state index in [4.69, 9.17) is 0 Å². The van der Waals surface area contributed by atoms with Gasteiger partial charge in [-0.3, -0.25) is 0 Å². The molecule has 172 valence electrons. The molecule has 2 aromatic carbocycles. The van der Waals surface area contributed by atoms with Gasteiger partial charge in [-0.1, -0.05) is 77.8 Å². The van der Waals surface area contributed by atoms with Crippen LogP contribution in [0.2, 0.25) is 0 Å². The second-order valence-electron chi connectivity index (χ2n) is 10.7. The van der Waals surface area contributed by atoms with Gasteiger partial charge in [-0.2, -0.15) is 4.57 Å². The average molecular weight is 443 g/mol. The van der Waals surface area contributed by atoms with Crippen molar-refractivity contribution in [2.75, 3.05) is 0 Å². The zero-order valence-corrected chi connectivity index (χ0v) is 20.9. The van der Waals surface area contributed by atoms with Crippen LogP contribution < -0.4 is 4.57 Å². The van der Waals surface area contributed by atoms with Crippen molar-refractivity contribution in [3.05, 3.63) is 76.8 Å². The molecule has 0 spiro atoms. The number of allylic oxidation sites excluding steroid dienone is 2. The largest absolute Gasteiger partial charge is 0.221 e. The number of aryl methyl sites for hydroxylation is 1. The predicted octanol–water partition coefficient (Wildman–Crippen LogP) is 7.93. The van der Waals surface area contributed by atoms with Gasteiger partial charge in [-0.05, 0) is 53.8 Å². The lowest BCUT2D eigenvalue weighted by Crippen LogP contribution is -2.52. The minimum atomic E-state index is -0.383. The molecule has 1 nitrogen and oxygen atoms in total. The topological polar surface area (TPSA) is 3.88 Å². The third-order valence-corrected chi connectivity index (χ3v) is 8.21. The van der Waals surface area contributed by atoms with Gasteiger partial charge in [-0.25, -0.2) is 4.39 Å². The fourth-order valence-corrected chi connectivity index (χ4v) is 6.34. The van der Waals surface area contributed by atoms with Gasteiger partial charge in [0.15, 0.2) is 12.7 Å². The van der Waals surface area contributed by atoms with E-state index in [1.807, 2.05) is 0 Å². The molecule has 0 bridgehead atoms. The highest BCUT2D eigenvalue weighted by Gasteiger charge is 2.49. The van der Waals surface area contributed by atoms with Crippen molar-refractivity contribution >= 4 is 10.8 Å². The predicted molar refractivity (Wildman–Crippen MR) is 136 cm³/mol. The van der Waals surface area contributed by atoms with Crippen LogP contribution in [-0.2, 0) is 23.8 Å². The molecular formula is C31H37FN+. The standard InChI is InChI=1S/C31H37FN/c1-6-9-11-16-31(8-3)20-33-17-15-22-18-21(12-10-7-2)19-24-26(22)29(33)27-23(31)13-14-25(32)28(27)30(24,4)5/h11,13-19H,6-10,12,20H2,1-5H3/q+1. The van der Waals surface area contributed by atoms with Crippen molar-refractivity contribution in [3.63, 3.8) is 0 Å². The monoisotopic (exact) mass is 442 g/mol. The first-order chi connectivity index (χ1) is 15.9. The van der Waals surface area contributed by atoms with Gasteiger partial charge in [0.05, 0.1) is 16.4 Å². The number of pyridine rings is 1. The molecule has 1 aliphatic heterocycles. The number of benzene rings is 2. The van der Waals surface area contributed by atoms with Crippen molar-refractivity contribution in [2.45, 2.75) is 90.5 Å². The number of hydrogen-bond donors (Lipinski definition) is 0. The summed E-state index contributed by atoms with van der Waals surface area (Å²) in [5, 5.41) is 2.62. The molecule has 0 N–H and O–H groups in total. The lowest BCUT2D eigenvalue weighted by Gasteiger charge is -2.41. The third-order valence-electron chi connectivity index (χ3n) is 8.21. The molecule has 3 aromatic rings. The van der Waals surface area contributed by atoms with E-state index >= 15 is 4.39 Å². The summed E-state index contributed by atoms with van der Waals surface area (Å²) in [6.07, 6.45) is 13.7. The summed E-state index contributed by atoms with van der Waals surface area (Å²) in [6.45, 7) is 12.1. The first-order valence-corrected chi connectivity index (χ1v) is 12.9. The first-order valence-electron chi connectivity index (χ1n) is 12.9. The number of halogens is 1. The van der Waals surface area contributed by atoms with E-state index in [9.17, 15) is 0 Å². The maximum absolute atomic E-state index is 15.7. The quantitative estimate of drug-likeness (QED) is 0.258. The average Bonchev–Trinajstić information content (AvgIpc) is 2.80. The molecule has 5 rings (SSSR count). The van der Waals surface area contributed by atoms with Crippen LogP contribution >= 0.6 is 0 Å².